The van der Waals surface area contributed by atoms with E-state index in [1.54, 1.807) is 18.2 Å². The summed E-state index contributed by atoms with van der Waals surface area (Å²) < 4.78 is 32.6. The van der Waals surface area contributed by atoms with E-state index >= 15 is 0 Å². The molecule has 0 aliphatic rings. The standard InChI is InChI=1S/C23H28N2O4S/c1-5-15-25(16-6-2)30(27,28)21-13-11-19(12-14-21)24-23(26)22(7-3)29-20-10-8-9-18(4)17-20/h5-6,8-14,17,22H,1-2,7,15-16H2,3-4H3,(H,24,26). The maximum absolute atomic E-state index is 12.8. The molecule has 6 nitrogen and oxygen atoms in total. The summed E-state index contributed by atoms with van der Waals surface area (Å²) in [7, 11) is -3.68. The van der Waals surface area contributed by atoms with Crippen molar-refractivity contribution in [2.45, 2.75) is 31.3 Å². The van der Waals surface area contributed by atoms with Crippen molar-refractivity contribution in [3.05, 3.63) is 79.4 Å². The molecule has 7 heteroatoms. The van der Waals surface area contributed by atoms with E-state index in [1.807, 2.05) is 32.0 Å². The van der Waals surface area contributed by atoms with E-state index in [9.17, 15) is 13.2 Å². The topological polar surface area (TPSA) is 75.7 Å². The monoisotopic (exact) mass is 428 g/mol. The highest BCUT2D eigenvalue weighted by atomic mass is 32.2. The number of hydrogen-bond acceptors (Lipinski definition) is 4. The van der Waals surface area contributed by atoms with E-state index in [4.69, 9.17) is 4.74 Å². The molecule has 2 rings (SSSR count). The quantitative estimate of drug-likeness (QED) is 0.546. The first-order chi connectivity index (χ1) is 14.3. The van der Waals surface area contributed by atoms with E-state index < -0.39 is 16.1 Å². The zero-order valence-electron chi connectivity index (χ0n) is 17.4. The molecule has 0 spiro atoms. The van der Waals surface area contributed by atoms with Crippen LogP contribution in [0, 0.1) is 6.92 Å². The van der Waals surface area contributed by atoms with E-state index in [-0.39, 0.29) is 23.9 Å². The first-order valence-electron chi connectivity index (χ1n) is 9.68. The minimum Gasteiger partial charge on any atom is -0.481 e. The Morgan fingerprint density at radius 2 is 1.77 bits per heavy atom. The highest BCUT2D eigenvalue weighted by Crippen LogP contribution is 2.20. The van der Waals surface area contributed by atoms with Crippen LogP contribution in [-0.4, -0.2) is 37.8 Å². The van der Waals surface area contributed by atoms with Gasteiger partial charge in [0.2, 0.25) is 10.0 Å². The van der Waals surface area contributed by atoms with Gasteiger partial charge in [0.15, 0.2) is 6.10 Å². The van der Waals surface area contributed by atoms with Crippen LogP contribution < -0.4 is 10.1 Å². The molecule has 0 heterocycles. The smallest absolute Gasteiger partial charge is 0.265 e. The van der Waals surface area contributed by atoms with Crippen LogP contribution in [-0.2, 0) is 14.8 Å². The molecular formula is C23H28N2O4S. The lowest BCUT2D eigenvalue weighted by Crippen LogP contribution is -2.32. The number of rotatable bonds is 11. The minimum absolute atomic E-state index is 0.132. The third-order valence-electron chi connectivity index (χ3n) is 4.36. The molecule has 2 aromatic rings. The van der Waals surface area contributed by atoms with Gasteiger partial charge >= 0.3 is 0 Å². The molecule has 0 fully saturated rings. The Labute approximate surface area is 178 Å². The number of nitrogens with one attached hydrogen (secondary N) is 1. The van der Waals surface area contributed by atoms with E-state index in [0.717, 1.165) is 5.56 Å². The van der Waals surface area contributed by atoms with Crippen molar-refractivity contribution in [2.24, 2.45) is 0 Å². The van der Waals surface area contributed by atoms with Crippen molar-refractivity contribution in [3.8, 4) is 5.75 Å². The van der Waals surface area contributed by atoms with Gasteiger partial charge in [-0.15, -0.1) is 13.2 Å². The maximum atomic E-state index is 12.8. The molecule has 0 aliphatic heterocycles. The molecule has 2 aromatic carbocycles. The fourth-order valence-electron chi connectivity index (χ4n) is 2.82. The minimum atomic E-state index is -3.68. The Bertz CT molecular complexity index is 975. The van der Waals surface area contributed by atoms with Crippen LogP contribution in [0.2, 0.25) is 0 Å². The third kappa shape index (κ3) is 6.05. The van der Waals surface area contributed by atoms with Crippen LogP contribution in [0.5, 0.6) is 5.75 Å². The van der Waals surface area contributed by atoms with Crippen LogP contribution in [0.15, 0.2) is 78.7 Å². The average Bonchev–Trinajstić information content (AvgIpc) is 2.72. The van der Waals surface area contributed by atoms with E-state index in [0.29, 0.717) is 17.9 Å². The first kappa shape index (κ1) is 23.4. The number of sulfonamides is 1. The molecule has 0 radical (unpaired) electrons. The van der Waals surface area contributed by atoms with Crippen molar-refractivity contribution in [1.29, 1.82) is 0 Å². The zero-order chi connectivity index (χ0) is 22.1. The molecular weight excluding hydrogens is 400 g/mol. The van der Waals surface area contributed by atoms with Gasteiger partial charge < -0.3 is 10.1 Å². The second-order valence-electron chi connectivity index (χ2n) is 6.74. The summed E-state index contributed by atoms with van der Waals surface area (Å²) in [6.07, 6.45) is 2.87. The molecule has 0 saturated carbocycles. The van der Waals surface area contributed by atoms with Crippen LogP contribution in [0.3, 0.4) is 0 Å². The predicted octanol–water partition coefficient (Wildman–Crippen LogP) is 4.15. The van der Waals surface area contributed by atoms with Crippen LogP contribution in [0.4, 0.5) is 5.69 Å². The van der Waals surface area contributed by atoms with Crippen molar-refractivity contribution in [1.82, 2.24) is 4.31 Å². The van der Waals surface area contributed by atoms with Crippen molar-refractivity contribution >= 4 is 21.6 Å². The van der Waals surface area contributed by atoms with Gasteiger partial charge in [0.25, 0.3) is 5.91 Å². The summed E-state index contributed by atoms with van der Waals surface area (Å²) in [5.41, 5.74) is 1.53. The number of carbonyl (C=O) groups is 1. The van der Waals surface area contributed by atoms with Crippen molar-refractivity contribution in [2.75, 3.05) is 18.4 Å². The summed E-state index contributed by atoms with van der Waals surface area (Å²) >= 11 is 0. The van der Waals surface area contributed by atoms with E-state index in [1.165, 1.54) is 28.6 Å². The summed E-state index contributed by atoms with van der Waals surface area (Å²) in [5.74, 6) is 0.331. The molecule has 30 heavy (non-hydrogen) atoms. The number of hydrogen-bond donors (Lipinski definition) is 1. The molecule has 0 bridgehead atoms. The first-order valence-corrected chi connectivity index (χ1v) is 11.1. The summed E-state index contributed by atoms with van der Waals surface area (Å²) in [4.78, 5) is 12.7. The maximum Gasteiger partial charge on any atom is 0.265 e. The van der Waals surface area contributed by atoms with E-state index in [2.05, 4.69) is 18.5 Å². The number of amides is 1. The molecule has 160 valence electrons. The number of anilines is 1. The average molecular weight is 429 g/mol. The van der Waals surface area contributed by atoms with Crippen LogP contribution in [0.1, 0.15) is 18.9 Å². The Kier molecular flexibility index (Phi) is 8.38. The Hall–Kier alpha value is -2.90. The lowest BCUT2D eigenvalue weighted by atomic mass is 10.2. The highest BCUT2D eigenvalue weighted by Gasteiger charge is 2.23. The van der Waals surface area contributed by atoms with Gasteiger partial charge in [-0.25, -0.2) is 8.42 Å². The van der Waals surface area contributed by atoms with Gasteiger partial charge in [-0.3, -0.25) is 4.79 Å². The molecule has 1 atom stereocenters. The second kappa shape index (κ2) is 10.8. The predicted molar refractivity (Wildman–Crippen MR) is 120 cm³/mol. The molecule has 0 saturated heterocycles. The van der Waals surface area contributed by atoms with Gasteiger partial charge in [-0.2, -0.15) is 4.31 Å². The Morgan fingerprint density at radius 1 is 1.13 bits per heavy atom. The number of ether oxygens (including phenoxy) is 1. The third-order valence-corrected chi connectivity index (χ3v) is 6.20. The molecule has 0 aliphatic carbocycles. The molecule has 1 unspecified atom stereocenters. The van der Waals surface area contributed by atoms with Crippen molar-refractivity contribution < 1.29 is 17.9 Å². The molecule has 1 amide bonds. The summed E-state index contributed by atoms with van der Waals surface area (Å²) in [5, 5.41) is 2.78. The normalized spacial score (nSPS) is 12.2. The van der Waals surface area contributed by atoms with Gasteiger partial charge in [0, 0.05) is 18.8 Å². The lowest BCUT2D eigenvalue weighted by Gasteiger charge is -2.20. The summed E-state index contributed by atoms with van der Waals surface area (Å²) in [6, 6.07) is 13.5. The molecule has 1 N–H and O–H groups in total. The number of carbonyl (C=O) groups excluding carboxylic acids is 1. The molecule has 0 aromatic heterocycles. The number of benzene rings is 2. The van der Waals surface area contributed by atoms with Crippen LogP contribution in [0.25, 0.3) is 0 Å². The zero-order valence-corrected chi connectivity index (χ0v) is 18.2. The fourth-order valence-corrected chi connectivity index (χ4v) is 4.20. The number of nitrogens with zero attached hydrogens (tertiary/aromatic N) is 1. The van der Waals surface area contributed by atoms with Crippen molar-refractivity contribution in [3.63, 3.8) is 0 Å². The van der Waals surface area contributed by atoms with Crippen LogP contribution >= 0.6 is 0 Å². The summed E-state index contributed by atoms with van der Waals surface area (Å²) in [6.45, 7) is 11.4. The van der Waals surface area contributed by atoms with Gasteiger partial charge in [-0.1, -0.05) is 31.2 Å². The van der Waals surface area contributed by atoms with Gasteiger partial charge in [-0.05, 0) is 55.3 Å². The second-order valence-corrected chi connectivity index (χ2v) is 8.68. The highest BCUT2D eigenvalue weighted by molar-refractivity contribution is 7.89. The fraction of sp³-hybridized carbons (Fsp3) is 0.261. The Morgan fingerprint density at radius 3 is 2.30 bits per heavy atom. The number of aryl methyl sites for hydroxylation is 1. The Balaban J connectivity index is 2.10. The lowest BCUT2D eigenvalue weighted by molar-refractivity contribution is -0.122. The SMILES string of the molecule is C=CCN(CC=C)S(=O)(=O)c1ccc(NC(=O)C(CC)Oc2cccc(C)c2)cc1. The van der Waals surface area contributed by atoms with Gasteiger partial charge in [0.05, 0.1) is 4.90 Å². The van der Waals surface area contributed by atoms with Gasteiger partial charge in [0.1, 0.15) is 5.75 Å². The largest absolute Gasteiger partial charge is 0.481 e.